The summed E-state index contributed by atoms with van der Waals surface area (Å²) >= 11 is 0. The largest absolute Gasteiger partial charge is 0.393 e. The fourth-order valence-electron chi connectivity index (χ4n) is 2.78. The molecule has 0 aliphatic heterocycles. The highest BCUT2D eigenvalue weighted by Gasteiger charge is 2.56. The van der Waals surface area contributed by atoms with Crippen molar-refractivity contribution in [2.24, 2.45) is 17.8 Å². The molecule has 0 spiro atoms. The van der Waals surface area contributed by atoms with E-state index in [0.29, 0.717) is 0 Å². The van der Waals surface area contributed by atoms with Crippen molar-refractivity contribution in [1.29, 1.82) is 0 Å². The molecule has 2 aliphatic rings. The highest BCUT2D eigenvalue weighted by molar-refractivity contribution is 5.05. The van der Waals surface area contributed by atoms with Gasteiger partial charge in [0.05, 0.1) is 6.10 Å². The fourth-order valence-corrected chi connectivity index (χ4v) is 2.78. The first kappa shape index (κ1) is 7.60. The summed E-state index contributed by atoms with van der Waals surface area (Å²) in [5.41, 5.74) is 0. The van der Waals surface area contributed by atoms with Crippen molar-refractivity contribution in [3.63, 3.8) is 0 Å². The first-order valence-electron chi connectivity index (χ1n) is 5.02. The Morgan fingerprint density at radius 2 is 2.18 bits per heavy atom. The van der Waals surface area contributed by atoms with E-state index in [1.165, 1.54) is 32.1 Å². The monoisotopic (exact) mass is 154 g/mol. The van der Waals surface area contributed by atoms with Crippen LogP contribution in [0, 0.1) is 17.8 Å². The van der Waals surface area contributed by atoms with Gasteiger partial charge in [-0.15, -0.1) is 0 Å². The van der Waals surface area contributed by atoms with Gasteiger partial charge in [-0.1, -0.05) is 26.2 Å². The summed E-state index contributed by atoms with van der Waals surface area (Å²) in [6, 6.07) is 0. The number of fused-ring (bicyclic) bond motifs is 1. The molecule has 0 aromatic carbocycles. The normalized spacial score (nSPS) is 47.5. The number of rotatable bonds is 3. The van der Waals surface area contributed by atoms with Gasteiger partial charge in [0.2, 0.25) is 0 Å². The second-order valence-corrected chi connectivity index (χ2v) is 4.21. The number of hydrogen-bond acceptors (Lipinski definition) is 1. The number of unbranched alkanes of at least 4 members (excludes halogenated alkanes) is 1. The average Bonchev–Trinajstić information content (AvgIpc) is 2.46. The molecule has 1 heteroatoms. The Hall–Kier alpha value is -0.0400. The minimum atomic E-state index is 0.102. The Morgan fingerprint density at radius 1 is 1.36 bits per heavy atom. The number of aliphatic hydroxyl groups is 1. The van der Waals surface area contributed by atoms with E-state index in [1.54, 1.807) is 0 Å². The predicted molar refractivity (Wildman–Crippen MR) is 45.2 cm³/mol. The van der Waals surface area contributed by atoms with E-state index >= 15 is 0 Å². The molecule has 2 rings (SSSR count). The molecule has 0 saturated heterocycles. The summed E-state index contributed by atoms with van der Waals surface area (Å²) < 4.78 is 0. The third-order valence-corrected chi connectivity index (χ3v) is 3.53. The summed E-state index contributed by atoms with van der Waals surface area (Å²) in [5, 5.41) is 9.42. The van der Waals surface area contributed by atoms with E-state index in [4.69, 9.17) is 0 Å². The van der Waals surface area contributed by atoms with E-state index < -0.39 is 0 Å². The highest BCUT2D eigenvalue weighted by atomic mass is 16.3. The van der Waals surface area contributed by atoms with Crippen molar-refractivity contribution in [1.82, 2.24) is 0 Å². The minimum absolute atomic E-state index is 0.102. The lowest BCUT2D eigenvalue weighted by molar-refractivity contribution is 0.209. The lowest BCUT2D eigenvalue weighted by Crippen LogP contribution is -2.04. The van der Waals surface area contributed by atoms with Crippen molar-refractivity contribution < 1.29 is 5.11 Å². The lowest BCUT2D eigenvalue weighted by atomic mass is 9.96. The maximum Gasteiger partial charge on any atom is 0.0606 e. The van der Waals surface area contributed by atoms with Crippen molar-refractivity contribution in [2.45, 2.75) is 45.1 Å². The van der Waals surface area contributed by atoms with E-state index in [-0.39, 0.29) is 6.10 Å². The van der Waals surface area contributed by atoms with E-state index in [2.05, 4.69) is 6.92 Å². The van der Waals surface area contributed by atoms with Gasteiger partial charge in [-0.2, -0.15) is 0 Å². The predicted octanol–water partition coefficient (Wildman–Crippen LogP) is 2.19. The van der Waals surface area contributed by atoms with Gasteiger partial charge >= 0.3 is 0 Å². The summed E-state index contributed by atoms with van der Waals surface area (Å²) in [5.74, 6) is 2.33. The molecule has 4 atom stereocenters. The van der Waals surface area contributed by atoms with Gasteiger partial charge in [-0.05, 0) is 30.6 Å². The molecule has 0 heterocycles. The number of hydrogen-bond donors (Lipinski definition) is 1. The zero-order valence-electron chi connectivity index (χ0n) is 7.29. The van der Waals surface area contributed by atoms with Gasteiger partial charge in [0, 0.05) is 0 Å². The molecular weight excluding hydrogens is 136 g/mol. The molecule has 64 valence electrons. The van der Waals surface area contributed by atoms with Crippen LogP contribution in [0.5, 0.6) is 0 Å². The molecule has 0 aromatic rings. The Kier molecular flexibility index (Phi) is 1.92. The Labute approximate surface area is 68.8 Å². The Morgan fingerprint density at radius 3 is 2.73 bits per heavy atom. The van der Waals surface area contributed by atoms with Gasteiger partial charge in [-0.25, -0.2) is 0 Å². The van der Waals surface area contributed by atoms with Crippen LogP contribution in [0.25, 0.3) is 0 Å². The molecule has 0 amide bonds. The van der Waals surface area contributed by atoms with E-state index in [9.17, 15) is 5.11 Å². The SMILES string of the molecule is CCCCC1CCC2C(O)C12. The molecule has 0 aromatic heterocycles. The van der Waals surface area contributed by atoms with Crippen molar-refractivity contribution >= 4 is 0 Å². The van der Waals surface area contributed by atoms with Crippen LogP contribution < -0.4 is 0 Å². The molecule has 2 saturated carbocycles. The topological polar surface area (TPSA) is 20.2 Å². The van der Waals surface area contributed by atoms with Crippen molar-refractivity contribution in [3.05, 3.63) is 0 Å². The number of aliphatic hydroxyl groups excluding tert-OH is 1. The summed E-state index contributed by atoms with van der Waals surface area (Å²) in [6.45, 7) is 2.25. The van der Waals surface area contributed by atoms with Crippen LogP contribution in [-0.4, -0.2) is 11.2 Å². The van der Waals surface area contributed by atoms with Gasteiger partial charge in [0.15, 0.2) is 0 Å². The van der Waals surface area contributed by atoms with Crippen LogP contribution in [-0.2, 0) is 0 Å². The van der Waals surface area contributed by atoms with Crippen LogP contribution in [0.3, 0.4) is 0 Å². The lowest BCUT2D eigenvalue weighted by Gasteiger charge is -2.10. The van der Waals surface area contributed by atoms with Crippen LogP contribution in [0.1, 0.15) is 39.0 Å². The second kappa shape index (κ2) is 2.78. The summed E-state index contributed by atoms with van der Waals surface area (Å²) in [7, 11) is 0. The van der Waals surface area contributed by atoms with Crippen molar-refractivity contribution in [3.8, 4) is 0 Å². The standard InChI is InChI=1S/C10H18O/c1-2-3-4-7-5-6-8-9(7)10(8)11/h7-11H,2-6H2,1H3. The molecular formula is C10H18O. The highest BCUT2D eigenvalue weighted by Crippen LogP contribution is 2.56. The molecule has 4 unspecified atom stereocenters. The van der Waals surface area contributed by atoms with Gasteiger partial charge in [0.25, 0.3) is 0 Å². The molecule has 0 bridgehead atoms. The third-order valence-electron chi connectivity index (χ3n) is 3.53. The Balaban J connectivity index is 1.78. The average molecular weight is 154 g/mol. The zero-order valence-corrected chi connectivity index (χ0v) is 7.29. The van der Waals surface area contributed by atoms with Gasteiger partial charge in [-0.3, -0.25) is 0 Å². The Bertz CT molecular complexity index is 144. The fraction of sp³-hybridized carbons (Fsp3) is 1.00. The molecule has 0 radical (unpaired) electrons. The first-order valence-corrected chi connectivity index (χ1v) is 5.02. The minimum Gasteiger partial charge on any atom is -0.393 e. The third kappa shape index (κ3) is 1.20. The van der Waals surface area contributed by atoms with E-state index in [1.807, 2.05) is 0 Å². The first-order chi connectivity index (χ1) is 5.34. The molecule has 1 nitrogen and oxygen atoms in total. The summed E-state index contributed by atoms with van der Waals surface area (Å²) in [4.78, 5) is 0. The molecule has 2 fully saturated rings. The van der Waals surface area contributed by atoms with Crippen LogP contribution in [0.2, 0.25) is 0 Å². The smallest absolute Gasteiger partial charge is 0.0606 e. The molecule has 2 aliphatic carbocycles. The van der Waals surface area contributed by atoms with Crippen LogP contribution in [0.15, 0.2) is 0 Å². The summed E-state index contributed by atoms with van der Waals surface area (Å²) in [6.07, 6.45) is 6.84. The van der Waals surface area contributed by atoms with Crippen LogP contribution in [0.4, 0.5) is 0 Å². The van der Waals surface area contributed by atoms with Gasteiger partial charge < -0.3 is 5.11 Å². The van der Waals surface area contributed by atoms with Crippen molar-refractivity contribution in [2.75, 3.05) is 0 Å². The van der Waals surface area contributed by atoms with Gasteiger partial charge in [0.1, 0.15) is 0 Å². The molecule has 1 N–H and O–H groups in total. The maximum absolute atomic E-state index is 9.42. The maximum atomic E-state index is 9.42. The zero-order chi connectivity index (χ0) is 7.84. The van der Waals surface area contributed by atoms with Crippen LogP contribution >= 0.6 is 0 Å². The molecule has 11 heavy (non-hydrogen) atoms. The quantitative estimate of drug-likeness (QED) is 0.660. The second-order valence-electron chi connectivity index (χ2n) is 4.21. The van der Waals surface area contributed by atoms with E-state index in [0.717, 1.165) is 17.8 Å².